The van der Waals surface area contributed by atoms with E-state index in [1.165, 1.54) is 32.1 Å². The second kappa shape index (κ2) is 4.21. The van der Waals surface area contributed by atoms with Crippen molar-refractivity contribution in [2.24, 2.45) is 23.5 Å². The zero-order chi connectivity index (χ0) is 11.0. The van der Waals surface area contributed by atoms with Crippen LogP contribution in [0.3, 0.4) is 0 Å². The Morgan fingerprint density at radius 1 is 1.00 bits per heavy atom. The molecule has 0 amide bonds. The Balaban J connectivity index is 1.90. The molecule has 2 aliphatic carbocycles. The summed E-state index contributed by atoms with van der Waals surface area (Å²) in [4.78, 5) is 0. The van der Waals surface area contributed by atoms with Crippen LogP contribution in [0.2, 0.25) is 0 Å². The Bertz CT molecular complexity index is 338. The van der Waals surface area contributed by atoms with Gasteiger partial charge in [-0.3, -0.25) is 0 Å². The predicted octanol–water partition coefficient (Wildman–Crippen LogP) is 2.78. The topological polar surface area (TPSA) is 26.0 Å². The lowest BCUT2D eigenvalue weighted by Crippen LogP contribution is -2.19. The first-order chi connectivity index (χ1) is 7.88. The van der Waals surface area contributed by atoms with Crippen LogP contribution in [0.4, 0.5) is 0 Å². The first-order valence-corrected chi connectivity index (χ1v) is 6.65. The van der Waals surface area contributed by atoms with Crippen molar-refractivity contribution >= 4 is 0 Å². The van der Waals surface area contributed by atoms with Gasteiger partial charge in [0.25, 0.3) is 0 Å². The smallest absolute Gasteiger partial charge is 0.00744 e. The van der Waals surface area contributed by atoms with E-state index < -0.39 is 0 Å². The van der Waals surface area contributed by atoms with Crippen LogP contribution in [-0.4, -0.2) is 6.54 Å². The molecular formula is C15H21N. The van der Waals surface area contributed by atoms with Crippen molar-refractivity contribution in [2.45, 2.75) is 32.1 Å². The maximum atomic E-state index is 5.77. The average molecular weight is 215 g/mol. The monoisotopic (exact) mass is 215 g/mol. The van der Waals surface area contributed by atoms with E-state index in [-0.39, 0.29) is 0 Å². The van der Waals surface area contributed by atoms with Gasteiger partial charge in [0, 0.05) is 0 Å². The minimum absolute atomic E-state index is 0.869. The fraction of sp³-hybridized carbons (Fsp3) is 0.600. The highest BCUT2D eigenvalue weighted by atomic mass is 14.5. The van der Waals surface area contributed by atoms with Crippen molar-refractivity contribution in [2.75, 3.05) is 6.54 Å². The summed E-state index contributed by atoms with van der Waals surface area (Å²) < 4.78 is 0. The maximum absolute atomic E-state index is 5.77. The van der Waals surface area contributed by atoms with E-state index in [1.807, 2.05) is 0 Å². The minimum Gasteiger partial charge on any atom is -0.330 e. The van der Waals surface area contributed by atoms with Crippen molar-refractivity contribution in [1.82, 2.24) is 0 Å². The van der Waals surface area contributed by atoms with E-state index in [0.717, 1.165) is 24.3 Å². The summed E-state index contributed by atoms with van der Waals surface area (Å²) in [6, 6.07) is 9.04. The van der Waals surface area contributed by atoms with Crippen LogP contribution >= 0.6 is 0 Å². The fourth-order valence-corrected chi connectivity index (χ4v) is 3.93. The predicted molar refractivity (Wildman–Crippen MR) is 67.2 cm³/mol. The molecule has 0 aliphatic heterocycles. The van der Waals surface area contributed by atoms with Crippen LogP contribution in [0.1, 0.15) is 30.4 Å². The van der Waals surface area contributed by atoms with Gasteiger partial charge in [-0.1, -0.05) is 24.3 Å². The van der Waals surface area contributed by atoms with Crippen LogP contribution in [0.15, 0.2) is 24.3 Å². The molecule has 0 saturated heterocycles. The third kappa shape index (κ3) is 1.67. The molecular weight excluding hydrogens is 194 g/mol. The van der Waals surface area contributed by atoms with E-state index in [9.17, 15) is 0 Å². The zero-order valence-electron chi connectivity index (χ0n) is 9.86. The van der Waals surface area contributed by atoms with Gasteiger partial charge in [-0.2, -0.15) is 0 Å². The van der Waals surface area contributed by atoms with Crippen molar-refractivity contribution in [3.63, 3.8) is 0 Å². The molecule has 1 nitrogen and oxygen atoms in total. The van der Waals surface area contributed by atoms with E-state index >= 15 is 0 Å². The molecule has 1 aromatic carbocycles. The van der Waals surface area contributed by atoms with Crippen LogP contribution in [0.25, 0.3) is 0 Å². The highest BCUT2D eigenvalue weighted by molar-refractivity contribution is 5.30. The van der Waals surface area contributed by atoms with Gasteiger partial charge in [0.15, 0.2) is 0 Å². The number of fused-ring (bicyclic) bond motifs is 3. The number of nitrogens with two attached hydrogens (primary N) is 1. The summed E-state index contributed by atoms with van der Waals surface area (Å²) in [5.74, 6) is 2.73. The Hall–Kier alpha value is -0.820. The Kier molecular flexibility index (Phi) is 2.72. The van der Waals surface area contributed by atoms with Crippen LogP contribution in [0, 0.1) is 17.8 Å². The highest BCUT2D eigenvalue weighted by Gasteiger charge is 2.37. The minimum atomic E-state index is 0.869. The van der Waals surface area contributed by atoms with E-state index in [0.29, 0.717) is 0 Å². The second-order valence-electron chi connectivity index (χ2n) is 5.52. The molecule has 1 saturated carbocycles. The maximum Gasteiger partial charge on any atom is -0.00744 e. The Morgan fingerprint density at radius 3 is 2.06 bits per heavy atom. The van der Waals surface area contributed by atoms with Gasteiger partial charge in [0.1, 0.15) is 0 Å². The van der Waals surface area contributed by atoms with Crippen LogP contribution in [0.5, 0.6) is 0 Å². The first kappa shape index (κ1) is 10.3. The third-order valence-electron chi connectivity index (χ3n) is 4.70. The Labute approximate surface area is 98.0 Å². The lowest BCUT2D eigenvalue weighted by Gasteiger charge is -2.21. The fourth-order valence-electron chi connectivity index (χ4n) is 3.93. The lowest BCUT2D eigenvalue weighted by molar-refractivity contribution is 0.302. The van der Waals surface area contributed by atoms with E-state index in [1.54, 1.807) is 11.1 Å². The molecule has 2 N–H and O–H groups in total. The summed E-state index contributed by atoms with van der Waals surface area (Å²) >= 11 is 0. The van der Waals surface area contributed by atoms with Crippen molar-refractivity contribution in [3.05, 3.63) is 35.4 Å². The molecule has 0 radical (unpaired) electrons. The molecule has 0 aromatic heterocycles. The average Bonchev–Trinajstić information content (AvgIpc) is 2.57. The second-order valence-corrected chi connectivity index (χ2v) is 5.52. The molecule has 0 heterocycles. The molecule has 16 heavy (non-hydrogen) atoms. The third-order valence-corrected chi connectivity index (χ3v) is 4.70. The number of hydrogen-bond acceptors (Lipinski definition) is 1. The van der Waals surface area contributed by atoms with Gasteiger partial charge in [-0.05, 0) is 67.5 Å². The molecule has 1 heteroatoms. The number of rotatable bonds is 2. The standard InChI is InChI=1S/C15H21N/c16-8-7-15-13-5-6-14(15)10-12-4-2-1-3-11(12)9-13/h1-4,13-15H,5-10,16H2. The number of hydrogen-bond donors (Lipinski definition) is 1. The first-order valence-electron chi connectivity index (χ1n) is 6.65. The molecule has 86 valence electrons. The molecule has 0 spiro atoms. The van der Waals surface area contributed by atoms with Gasteiger partial charge >= 0.3 is 0 Å². The summed E-state index contributed by atoms with van der Waals surface area (Å²) in [7, 11) is 0. The summed E-state index contributed by atoms with van der Waals surface area (Å²) in [6.45, 7) is 0.869. The summed E-state index contributed by atoms with van der Waals surface area (Å²) in [5, 5.41) is 0. The normalized spacial score (nSPS) is 32.2. The van der Waals surface area contributed by atoms with Gasteiger partial charge in [-0.15, -0.1) is 0 Å². The van der Waals surface area contributed by atoms with Crippen LogP contribution < -0.4 is 5.73 Å². The molecule has 2 atom stereocenters. The highest BCUT2D eigenvalue weighted by Crippen LogP contribution is 2.45. The van der Waals surface area contributed by atoms with Gasteiger partial charge in [-0.25, -0.2) is 0 Å². The zero-order valence-corrected chi connectivity index (χ0v) is 9.86. The lowest BCUT2D eigenvalue weighted by atomic mass is 9.85. The van der Waals surface area contributed by atoms with E-state index in [2.05, 4.69) is 24.3 Å². The van der Waals surface area contributed by atoms with Crippen molar-refractivity contribution < 1.29 is 0 Å². The van der Waals surface area contributed by atoms with Gasteiger partial charge in [0.2, 0.25) is 0 Å². The molecule has 1 fully saturated rings. The molecule has 3 rings (SSSR count). The van der Waals surface area contributed by atoms with Crippen molar-refractivity contribution in [3.8, 4) is 0 Å². The van der Waals surface area contributed by atoms with Crippen LogP contribution in [-0.2, 0) is 12.8 Å². The largest absolute Gasteiger partial charge is 0.330 e. The molecule has 1 aromatic rings. The molecule has 2 bridgehead atoms. The summed E-state index contributed by atoms with van der Waals surface area (Å²) in [5.41, 5.74) is 8.98. The van der Waals surface area contributed by atoms with E-state index in [4.69, 9.17) is 5.73 Å². The van der Waals surface area contributed by atoms with Crippen molar-refractivity contribution in [1.29, 1.82) is 0 Å². The molecule has 2 aliphatic rings. The summed E-state index contributed by atoms with van der Waals surface area (Å²) in [6.07, 6.45) is 6.71. The quantitative estimate of drug-likeness (QED) is 0.806. The Morgan fingerprint density at radius 2 is 1.56 bits per heavy atom. The molecule has 2 unspecified atom stereocenters. The number of benzene rings is 1. The SMILES string of the molecule is NCCC1C2CCC1Cc1ccccc1C2. The van der Waals surface area contributed by atoms with Gasteiger partial charge in [0.05, 0.1) is 0 Å². The van der Waals surface area contributed by atoms with Gasteiger partial charge < -0.3 is 5.73 Å².